The number of ether oxygens (including phenoxy) is 1. The molecule has 2 heterocycles. The van der Waals surface area contributed by atoms with Crippen molar-refractivity contribution in [3.63, 3.8) is 0 Å². The van der Waals surface area contributed by atoms with Crippen LogP contribution in [0.3, 0.4) is 0 Å². The van der Waals surface area contributed by atoms with E-state index in [1.165, 1.54) is 19.3 Å². The molecule has 5 heteroatoms. The second kappa shape index (κ2) is 8.49. The van der Waals surface area contributed by atoms with Crippen molar-refractivity contribution in [2.45, 2.75) is 71.1 Å². The number of nitrogens with zero attached hydrogens (tertiary/aromatic N) is 3. The van der Waals surface area contributed by atoms with Crippen molar-refractivity contribution >= 4 is 0 Å². The molecule has 2 unspecified atom stereocenters. The van der Waals surface area contributed by atoms with Crippen molar-refractivity contribution < 1.29 is 4.74 Å². The predicted octanol–water partition coefficient (Wildman–Crippen LogP) is 2.41. The van der Waals surface area contributed by atoms with E-state index in [4.69, 9.17) is 4.74 Å². The van der Waals surface area contributed by atoms with E-state index in [2.05, 4.69) is 29.2 Å². The monoisotopic (exact) mass is 294 g/mol. The molecule has 0 amide bonds. The summed E-state index contributed by atoms with van der Waals surface area (Å²) >= 11 is 0. The minimum absolute atomic E-state index is 0.450. The molecule has 1 fully saturated rings. The van der Waals surface area contributed by atoms with Gasteiger partial charge in [0.15, 0.2) is 0 Å². The van der Waals surface area contributed by atoms with Crippen molar-refractivity contribution in [1.82, 2.24) is 20.1 Å². The third-order valence-electron chi connectivity index (χ3n) is 4.18. The van der Waals surface area contributed by atoms with E-state index in [1.54, 1.807) is 6.33 Å². The van der Waals surface area contributed by atoms with Crippen molar-refractivity contribution in [3.05, 3.63) is 12.2 Å². The van der Waals surface area contributed by atoms with Crippen LogP contribution in [-0.2, 0) is 17.7 Å². The summed E-state index contributed by atoms with van der Waals surface area (Å²) in [6, 6.07) is 0.450. The summed E-state index contributed by atoms with van der Waals surface area (Å²) in [4.78, 5) is 4.43. The SMILES string of the molecule is CNC(CCC1CCCCO1)Cc1ncnn1CC(C)C. The van der Waals surface area contributed by atoms with Crippen molar-refractivity contribution in [2.75, 3.05) is 13.7 Å². The fourth-order valence-electron chi connectivity index (χ4n) is 2.94. The molecule has 0 aliphatic carbocycles. The quantitative estimate of drug-likeness (QED) is 0.800. The third-order valence-corrected chi connectivity index (χ3v) is 4.18. The largest absolute Gasteiger partial charge is 0.378 e. The van der Waals surface area contributed by atoms with E-state index in [0.29, 0.717) is 18.1 Å². The van der Waals surface area contributed by atoms with E-state index >= 15 is 0 Å². The second-order valence-corrected chi connectivity index (χ2v) is 6.51. The molecule has 1 aliphatic heterocycles. The van der Waals surface area contributed by atoms with Crippen LogP contribution >= 0.6 is 0 Å². The van der Waals surface area contributed by atoms with Gasteiger partial charge in [0.2, 0.25) is 0 Å². The number of rotatable bonds is 8. The topological polar surface area (TPSA) is 52.0 Å². The Morgan fingerprint density at radius 2 is 2.29 bits per heavy atom. The maximum Gasteiger partial charge on any atom is 0.138 e. The lowest BCUT2D eigenvalue weighted by Crippen LogP contribution is -2.31. The standard InChI is InChI=1S/C16H30N4O/c1-13(2)11-20-16(18-12-19-20)10-14(17-3)7-8-15-6-4-5-9-21-15/h12-15,17H,4-11H2,1-3H3. The molecule has 0 bridgehead atoms. The first-order valence-corrected chi connectivity index (χ1v) is 8.34. The third kappa shape index (κ3) is 5.40. The summed E-state index contributed by atoms with van der Waals surface area (Å²) in [6.07, 6.45) is 9.12. The van der Waals surface area contributed by atoms with Crippen LogP contribution in [0.1, 0.15) is 51.8 Å². The lowest BCUT2D eigenvalue weighted by molar-refractivity contribution is 0.00865. The van der Waals surface area contributed by atoms with E-state index in [0.717, 1.165) is 38.2 Å². The van der Waals surface area contributed by atoms with Crippen LogP contribution in [0.4, 0.5) is 0 Å². The number of nitrogens with one attached hydrogen (secondary N) is 1. The molecule has 2 rings (SSSR count). The van der Waals surface area contributed by atoms with Gasteiger partial charge in [-0.2, -0.15) is 5.10 Å². The van der Waals surface area contributed by atoms with Crippen LogP contribution in [0, 0.1) is 5.92 Å². The van der Waals surface area contributed by atoms with Gasteiger partial charge in [0, 0.05) is 25.6 Å². The lowest BCUT2D eigenvalue weighted by Gasteiger charge is -2.24. The highest BCUT2D eigenvalue weighted by Gasteiger charge is 2.18. The van der Waals surface area contributed by atoms with Gasteiger partial charge in [-0.15, -0.1) is 0 Å². The van der Waals surface area contributed by atoms with Crippen molar-refractivity contribution in [3.8, 4) is 0 Å². The van der Waals surface area contributed by atoms with Crippen molar-refractivity contribution in [2.24, 2.45) is 5.92 Å². The Kier molecular flexibility index (Phi) is 6.64. The fraction of sp³-hybridized carbons (Fsp3) is 0.875. The minimum Gasteiger partial charge on any atom is -0.378 e. The van der Waals surface area contributed by atoms with Crippen molar-refractivity contribution in [1.29, 1.82) is 0 Å². The highest BCUT2D eigenvalue weighted by atomic mass is 16.5. The Morgan fingerprint density at radius 1 is 1.43 bits per heavy atom. The molecular weight excluding hydrogens is 264 g/mol. The minimum atomic E-state index is 0.450. The molecule has 1 aliphatic rings. The van der Waals surface area contributed by atoms with Gasteiger partial charge in [0.05, 0.1) is 6.10 Å². The van der Waals surface area contributed by atoms with Crippen LogP contribution in [-0.4, -0.2) is 40.6 Å². The highest BCUT2D eigenvalue weighted by molar-refractivity contribution is 4.90. The molecule has 120 valence electrons. The first-order valence-electron chi connectivity index (χ1n) is 8.34. The van der Waals surface area contributed by atoms with Gasteiger partial charge >= 0.3 is 0 Å². The molecule has 2 atom stereocenters. The maximum atomic E-state index is 5.82. The summed E-state index contributed by atoms with van der Waals surface area (Å²) in [7, 11) is 2.04. The van der Waals surface area contributed by atoms with E-state index in [9.17, 15) is 0 Å². The van der Waals surface area contributed by atoms with Crippen LogP contribution in [0.15, 0.2) is 6.33 Å². The predicted molar refractivity (Wildman–Crippen MR) is 84.2 cm³/mol. The van der Waals surface area contributed by atoms with Gasteiger partial charge < -0.3 is 10.1 Å². The summed E-state index contributed by atoms with van der Waals surface area (Å²) < 4.78 is 7.87. The zero-order valence-corrected chi connectivity index (χ0v) is 13.7. The Morgan fingerprint density at radius 3 is 2.95 bits per heavy atom. The average Bonchev–Trinajstić information content (AvgIpc) is 2.90. The van der Waals surface area contributed by atoms with E-state index in [1.807, 2.05) is 11.7 Å². The first-order chi connectivity index (χ1) is 10.2. The summed E-state index contributed by atoms with van der Waals surface area (Å²) in [5, 5.41) is 7.77. The fourth-order valence-corrected chi connectivity index (χ4v) is 2.94. The number of hydrogen-bond donors (Lipinski definition) is 1. The average molecular weight is 294 g/mol. The number of hydrogen-bond acceptors (Lipinski definition) is 4. The molecule has 0 spiro atoms. The Hall–Kier alpha value is -0.940. The molecule has 0 saturated carbocycles. The summed E-state index contributed by atoms with van der Waals surface area (Å²) in [5.74, 6) is 1.68. The Labute approximate surface area is 128 Å². The van der Waals surface area contributed by atoms with Crippen LogP contribution in [0.5, 0.6) is 0 Å². The van der Waals surface area contributed by atoms with E-state index < -0.39 is 0 Å². The van der Waals surface area contributed by atoms with Crippen LogP contribution < -0.4 is 5.32 Å². The van der Waals surface area contributed by atoms with E-state index in [-0.39, 0.29) is 0 Å². The zero-order valence-electron chi connectivity index (χ0n) is 13.7. The second-order valence-electron chi connectivity index (χ2n) is 6.51. The highest BCUT2D eigenvalue weighted by Crippen LogP contribution is 2.18. The first kappa shape index (κ1) is 16.4. The van der Waals surface area contributed by atoms with Gasteiger partial charge in [-0.1, -0.05) is 13.8 Å². The lowest BCUT2D eigenvalue weighted by atomic mass is 10.00. The number of aromatic nitrogens is 3. The Bertz CT molecular complexity index is 399. The molecule has 1 N–H and O–H groups in total. The van der Waals surface area contributed by atoms with Gasteiger partial charge in [-0.05, 0) is 45.1 Å². The molecule has 1 aromatic heterocycles. The molecular formula is C16H30N4O. The molecule has 21 heavy (non-hydrogen) atoms. The smallest absolute Gasteiger partial charge is 0.138 e. The normalized spacial score (nSPS) is 20.9. The summed E-state index contributed by atoms with van der Waals surface area (Å²) in [6.45, 7) is 6.30. The molecule has 1 aromatic rings. The number of likely N-dealkylation sites (N-methyl/N-ethyl adjacent to an activating group) is 1. The van der Waals surface area contributed by atoms with Gasteiger partial charge in [0.25, 0.3) is 0 Å². The maximum absolute atomic E-state index is 5.82. The van der Waals surface area contributed by atoms with Gasteiger partial charge in [-0.3, -0.25) is 0 Å². The van der Waals surface area contributed by atoms with Crippen LogP contribution in [0.2, 0.25) is 0 Å². The Balaban J connectivity index is 1.82. The zero-order chi connectivity index (χ0) is 15.1. The molecule has 1 saturated heterocycles. The molecule has 0 radical (unpaired) electrons. The van der Waals surface area contributed by atoms with Crippen LogP contribution in [0.25, 0.3) is 0 Å². The molecule has 5 nitrogen and oxygen atoms in total. The van der Waals surface area contributed by atoms with Gasteiger partial charge in [0.1, 0.15) is 12.2 Å². The van der Waals surface area contributed by atoms with Gasteiger partial charge in [-0.25, -0.2) is 9.67 Å². The summed E-state index contributed by atoms with van der Waals surface area (Å²) in [5.41, 5.74) is 0. The molecule has 0 aromatic carbocycles.